The van der Waals surface area contributed by atoms with Crippen LogP contribution in [-0.4, -0.2) is 71.4 Å². The highest BCUT2D eigenvalue weighted by Gasteiger charge is 2.55. The number of rotatable bonds is 7. The lowest BCUT2D eigenvalue weighted by atomic mass is 10.0. The molecule has 2 aliphatic heterocycles. The number of sulfonamides is 1. The molecule has 2 saturated heterocycles. The zero-order valence-corrected chi connectivity index (χ0v) is 22.4. The molecular weight excluding hydrogens is 522 g/mol. The molecular formula is C27H29N5O6S. The minimum atomic E-state index is -4.27. The first-order chi connectivity index (χ1) is 18.6. The number of para-hydroxylation sites is 1. The number of hydrogen-bond donors (Lipinski definition) is 1. The number of hydrogen-bond acceptors (Lipinski definition) is 7. The average Bonchev–Trinajstić information content (AvgIpc) is 3.49. The van der Waals surface area contributed by atoms with E-state index >= 15 is 0 Å². The van der Waals surface area contributed by atoms with E-state index in [0.29, 0.717) is 11.9 Å². The average molecular weight is 552 g/mol. The summed E-state index contributed by atoms with van der Waals surface area (Å²) in [6.45, 7) is 3.55. The van der Waals surface area contributed by atoms with E-state index in [1.54, 1.807) is 18.2 Å². The molecule has 2 aromatic heterocycles. The van der Waals surface area contributed by atoms with Crippen molar-refractivity contribution in [2.24, 2.45) is 5.92 Å². The van der Waals surface area contributed by atoms with Gasteiger partial charge in [0.15, 0.2) is 12.0 Å². The van der Waals surface area contributed by atoms with E-state index in [9.17, 15) is 28.0 Å². The lowest BCUT2D eigenvalue weighted by Crippen LogP contribution is -2.53. The summed E-state index contributed by atoms with van der Waals surface area (Å²) in [5.74, 6) is -1.34. The van der Waals surface area contributed by atoms with Crippen LogP contribution in [0.3, 0.4) is 0 Å². The summed E-state index contributed by atoms with van der Waals surface area (Å²) in [5.41, 5.74) is 0.812. The number of ketones is 1. The predicted molar refractivity (Wildman–Crippen MR) is 141 cm³/mol. The molecule has 2 aliphatic rings. The first-order valence-electron chi connectivity index (χ1n) is 12.8. The minimum absolute atomic E-state index is 0.0453. The second-order valence-electron chi connectivity index (χ2n) is 10.3. The Morgan fingerprint density at radius 1 is 1.13 bits per heavy atom. The molecule has 3 unspecified atom stereocenters. The van der Waals surface area contributed by atoms with Crippen molar-refractivity contribution in [3.8, 4) is 0 Å². The van der Waals surface area contributed by atoms with Crippen LogP contribution < -0.4 is 10.0 Å². The Morgan fingerprint density at radius 3 is 2.62 bits per heavy atom. The Morgan fingerprint density at radius 2 is 1.87 bits per heavy atom. The molecule has 204 valence electrons. The van der Waals surface area contributed by atoms with E-state index in [1.165, 1.54) is 23.1 Å². The third-order valence-corrected chi connectivity index (χ3v) is 9.03. The normalized spacial score (nSPS) is 20.4. The molecule has 5 rings (SSSR count). The monoisotopic (exact) mass is 551 g/mol. The van der Waals surface area contributed by atoms with E-state index in [2.05, 4.69) is 10.3 Å². The van der Waals surface area contributed by atoms with Gasteiger partial charge in [-0.3, -0.25) is 14.4 Å². The summed E-state index contributed by atoms with van der Waals surface area (Å²) in [6.07, 6.45) is 1.64. The largest absolute Gasteiger partial charge is 0.618 e. The Bertz CT molecular complexity index is 1560. The molecule has 0 radical (unpaired) electrons. The van der Waals surface area contributed by atoms with Crippen molar-refractivity contribution in [1.82, 2.24) is 19.5 Å². The third kappa shape index (κ3) is 4.97. The lowest BCUT2D eigenvalue weighted by Gasteiger charge is -2.29. The van der Waals surface area contributed by atoms with Crippen molar-refractivity contribution in [3.05, 3.63) is 71.7 Å². The van der Waals surface area contributed by atoms with Crippen LogP contribution in [0.25, 0.3) is 10.9 Å². The van der Waals surface area contributed by atoms with Crippen LogP contribution in [0.5, 0.6) is 0 Å². The molecule has 39 heavy (non-hydrogen) atoms. The first kappa shape index (κ1) is 26.7. The molecule has 11 nitrogen and oxygen atoms in total. The van der Waals surface area contributed by atoms with E-state index in [0.717, 1.165) is 15.9 Å². The van der Waals surface area contributed by atoms with Crippen LogP contribution in [0.4, 0.5) is 0 Å². The first-order valence-corrected chi connectivity index (χ1v) is 14.2. The number of carbonyl (C=O) groups excluding carboxylic acids is 3. The zero-order valence-electron chi connectivity index (χ0n) is 21.6. The number of amides is 2. The fourth-order valence-electron chi connectivity index (χ4n) is 5.39. The minimum Gasteiger partial charge on any atom is -0.618 e. The van der Waals surface area contributed by atoms with Gasteiger partial charge < -0.3 is 15.4 Å². The van der Waals surface area contributed by atoms with Crippen LogP contribution in [0, 0.1) is 11.1 Å². The topological polar surface area (TPSA) is 144 Å². The van der Waals surface area contributed by atoms with Crippen molar-refractivity contribution in [2.75, 3.05) is 13.1 Å². The van der Waals surface area contributed by atoms with Gasteiger partial charge in [-0.15, -0.1) is 0 Å². The summed E-state index contributed by atoms with van der Waals surface area (Å²) in [6, 6.07) is 12.1. The number of Topliss-reactive ketones (excluding diaryl/α,β-unsaturated/α-hetero) is 1. The second kappa shape index (κ2) is 10.3. The zero-order chi connectivity index (χ0) is 27.9. The van der Waals surface area contributed by atoms with Crippen LogP contribution in [-0.2, 0) is 19.6 Å². The van der Waals surface area contributed by atoms with Gasteiger partial charge in [0.1, 0.15) is 17.8 Å². The molecule has 2 amide bonds. The molecule has 12 heteroatoms. The molecule has 0 bridgehead atoms. The SMILES string of the molecule is CC(C)CC(NC(=O)c1ccc2ccccc2n1)C(=O)N1CCC2C1C(=O)CN2S(=O)(=O)c1cccc[n+]1[O-]. The maximum Gasteiger partial charge on any atom is 0.323 e. The highest BCUT2D eigenvalue weighted by Crippen LogP contribution is 2.34. The lowest BCUT2D eigenvalue weighted by molar-refractivity contribution is -0.646. The van der Waals surface area contributed by atoms with Crippen molar-refractivity contribution in [1.29, 1.82) is 0 Å². The number of nitrogens with one attached hydrogen (secondary N) is 1. The van der Waals surface area contributed by atoms with Crippen LogP contribution >= 0.6 is 0 Å². The quantitative estimate of drug-likeness (QED) is 0.344. The fourth-order valence-corrected chi connectivity index (χ4v) is 7.04. The Kier molecular flexibility index (Phi) is 7.08. The molecule has 0 saturated carbocycles. The van der Waals surface area contributed by atoms with Gasteiger partial charge in [0.05, 0.1) is 18.1 Å². The van der Waals surface area contributed by atoms with E-state index in [4.69, 9.17) is 0 Å². The summed E-state index contributed by atoms with van der Waals surface area (Å²) in [5, 5.41) is 15.4. The number of pyridine rings is 2. The summed E-state index contributed by atoms with van der Waals surface area (Å²) >= 11 is 0. The van der Waals surface area contributed by atoms with Gasteiger partial charge in [-0.1, -0.05) is 38.1 Å². The fraction of sp³-hybridized carbons (Fsp3) is 0.370. The van der Waals surface area contributed by atoms with Crippen LogP contribution in [0.15, 0.2) is 65.8 Å². The van der Waals surface area contributed by atoms with Crippen molar-refractivity contribution in [3.63, 3.8) is 0 Å². The maximum atomic E-state index is 13.7. The van der Waals surface area contributed by atoms with Crippen LogP contribution in [0.1, 0.15) is 37.2 Å². The van der Waals surface area contributed by atoms with Gasteiger partial charge in [-0.2, -0.15) is 9.04 Å². The van der Waals surface area contributed by atoms with Gasteiger partial charge in [0.2, 0.25) is 5.91 Å². The van der Waals surface area contributed by atoms with Crippen molar-refractivity contribution in [2.45, 2.75) is 49.8 Å². The number of nitrogens with zero attached hydrogens (tertiary/aromatic N) is 4. The molecule has 1 N–H and O–H groups in total. The number of carbonyl (C=O) groups is 3. The number of fused-ring (bicyclic) bond motifs is 2. The summed E-state index contributed by atoms with van der Waals surface area (Å²) in [4.78, 5) is 45.7. The Balaban J connectivity index is 1.37. The van der Waals surface area contributed by atoms with Gasteiger partial charge in [-0.05, 0) is 37.0 Å². The van der Waals surface area contributed by atoms with Gasteiger partial charge in [0, 0.05) is 24.1 Å². The maximum absolute atomic E-state index is 13.7. The highest BCUT2D eigenvalue weighted by atomic mass is 32.2. The number of benzene rings is 1. The second-order valence-corrected chi connectivity index (χ2v) is 12.1. The molecule has 0 spiro atoms. The third-order valence-electron chi connectivity index (χ3n) is 7.16. The standard InChI is InChI=1S/C27H29N5O6S/c1-17(2)15-21(29-26(34)20-11-10-18-7-3-4-8-19(18)28-20)27(35)30-14-12-22-25(30)23(33)16-32(22)39(37,38)24-9-5-6-13-31(24)36/h3-11,13,17,21-22,25H,12,14-16H2,1-2H3,(H,29,34). The van der Waals surface area contributed by atoms with Gasteiger partial charge in [-0.25, -0.2) is 13.4 Å². The smallest absolute Gasteiger partial charge is 0.323 e. The number of aromatic nitrogens is 2. The molecule has 1 aromatic carbocycles. The molecule has 0 aliphatic carbocycles. The van der Waals surface area contributed by atoms with Gasteiger partial charge >= 0.3 is 15.0 Å². The highest BCUT2D eigenvalue weighted by molar-refractivity contribution is 7.89. The molecule has 2 fully saturated rings. The Labute approximate surface area is 226 Å². The van der Waals surface area contributed by atoms with Gasteiger partial charge in [0.25, 0.3) is 5.91 Å². The summed E-state index contributed by atoms with van der Waals surface area (Å²) in [7, 11) is -4.27. The van der Waals surface area contributed by atoms with E-state index in [-0.39, 0.29) is 29.3 Å². The van der Waals surface area contributed by atoms with Crippen molar-refractivity contribution < 1.29 is 27.5 Å². The van der Waals surface area contributed by atoms with E-state index in [1.807, 2.05) is 32.0 Å². The van der Waals surface area contributed by atoms with Crippen LogP contribution in [0.2, 0.25) is 0 Å². The Hall–Kier alpha value is -3.90. The molecule has 4 heterocycles. The molecule has 3 atom stereocenters. The van der Waals surface area contributed by atoms with Crippen molar-refractivity contribution >= 4 is 38.5 Å². The van der Waals surface area contributed by atoms with E-state index < -0.39 is 57.3 Å². The predicted octanol–water partition coefficient (Wildman–Crippen LogP) is 1.26. The number of likely N-dealkylation sites (tertiary alicyclic amines) is 1. The molecule has 3 aromatic rings. The summed E-state index contributed by atoms with van der Waals surface area (Å²) < 4.78 is 27.8.